The summed E-state index contributed by atoms with van der Waals surface area (Å²) in [4.78, 5) is 11.3. The Morgan fingerprint density at radius 1 is 1.56 bits per heavy atom. The van der Waals surface area contributed by atoms with Crippen LogP contribution in [-0.2, 0) is 6.42 Å². The van der Waals surface area contributed by atoms with Crippen LogP contribution in [0.2, 0.25) is 0 Å². The number of aliphatic imine (C=N–C) groups is 1. The van der Waals surface area contributed by atoms with Crippen molar-refractivity contribution >= 4 is 6.21 Å². The molecule has 1 rings (SSSR count). The Bertz CT molecular complexity index is 441. The van der Waals surface area contributed by atoms with Crippen LogP contribution in [0.25, 0.3) is 0 Å². The van der Waals surface area contributed by atoms with E-state index in [2.05, 4.69) is 33.4 Å². The Labute approximate surface area is 96.0 Å². The molecule has 1 heterocycles. The van der Waals surface area contributed by atoms with Crippen LogP contribution in [0, 0.1) is 11.8 Å². The monoisotopic (exact) mass is 213 g/mol. The Hall–Kier alpha value is -2.08. The van der Waals surface area contributed by atoms with Gasteiger partial charge in [-0.15, -0.1) is 0 Å². The van der Waals surface area contributed by atoms with Crippen molar-refractivity contribution in [2.75, 3.05) is 6.54 Å². The molecule has 1 aromatic rings. The van der Waals surface area contributed by atoms with Crippen molar-refractivity contribution < 1.29 is 0 Å². The highest BCUT2D eigenvalue weighted by Gasteiger charge is 1.92. The summed E-state index contributed by atoms with van der Waals surface area (Å²) >= 11 is 0. The molecule has 0 bridgehead atoms. The van der Waals surface area contributed by atoms with Gasteiger partial charge >= 0.3 is 0 Å². The summed E-state index contributed by atoms with van der Waals surface area (Å²) in [5.74, 6) is 6.86. The van der Waals surface area contributed by atoms with Gasteiger partial charge in [-0.2, -0.15) is 0 Å². The van der Waals surface area contributed by atoms with E-state index in [1.807, 2.05) is 19.1 Å². The van der Waals surface area contributed by atoms with Crippen LogP contribution >= 0.6 is 0 Å². The predicted molar refractivity (Wildman–Crippen MR) is 67.5 cm³/mol. The first-order chi connectivity index (χ1) is 7.86. The normalized spacial score (nSPS) is 10.6. The van der Waals surface area contributed by atoms with Crippen LogP contribution < -0.4 is 0 Å². The smallest absolute Gasteiger partial charge is 0.109 e. The fourth-order valence-corrected chi connectivity index (χ4v) is 1.03. The van der Waals surface area contributed by atoms with Gasteiger partial charge in [0.2, 0.25) is 0 Å². The van der Waals surface area contributed by atoms with E-state index < -0.39 is 0 Å². The van der Waals surface area contributed by atoms with Crippen LogP contribution in [0.1, 0.15) is 18.4 Å². The summed E-state index contributed by atoms with van der Waals surface area (Å²) < 4.78 is 0. The largest absolute Gasteiger partial charge is 0.336 e. The number of aryl methyl sites for hydroxylation is 1. The summed E-state index contributed by atoms with van der Waals surface area (Å²) in [5.41, 5.74) is 0.841. The van der Waals surface area contributed by atoms with Gasteiger partial charge in [0.15, 0.2) is 0 Å². The van der Waals surface area contributed by atoms with Gasteiger partial charge < -0.3 is 4.98 Å². The first-order valence-corrected chi connectivity index (χ1v) is 5.17. The van der Waals surface area contributed by atoms with E-state index in [1.165, 1.54) is 0 Å². The molecule has 0 radical (unpaired) electrons. The van der Waals surface area contributed by atoms with Crippen molar-refractivity contribution in [3.05, 3.63) is 42.5 Å². The molecule has 0 amide bonds. The lowest BCUT2D eigenvalue weighted by Gasteiger charge is -1.83. The number of aromatic nitrogens is 2. The first kappa shape index (κ1) is 12.0. The summed E-state index contributed by atoms with van der Waals surface area (Å²) in [6.07, 6.45) is 9.69. The number of H-pyrrole nitrogens is 1. The summed E-state index contributed by atoms with van der Waals surface area (Å²) in [7, 11) is 0. The quantitative estimate of drug-likeness (QED) is 0.464. The van der Waals surface area contributed by atoms with E-state index in [4.69, 9.17) is 0 Å². The van der Waals surface area contributed by atoms with Crippen LogP contribution in [0.5, 0.6) is 0 Å². The minimum absolute atomic E-state index is 0.488. The van der Waals surface area contributed by atoms with Gasteiger partial charge in [-0.05, 0) is 12.0 Å². The van der Waals surface area contributed by atoms with Gasteiger partial charge in [-0.25, -0.2) is 4.98 Å². The number of hydrogen-bond acceptors (Lipinski definition) is 2. The van der Waals surface area contributed by atoms with Crippen molar-refractivity contribution in [3.8, 4) is 11.8 Å². The lowest BCUT2D eigenvalue weighted by Crippen LogP contribution is -1.81. The SMILES string of the molecule is C=C/C=C\C=NCC#Cc1cnc(CC)[nH]1. The fourth-order valence-electron chi connectivity index (χ4n) is 1.03. The maximum atomic E-state index is 4.16. The number of nitrogens with zero attached hydrogens (tertiary/aromatic N) is 2. The van der Waals surface area contributed by atoms with Crippen molar-refractivity contribution in [1.82, 2.24) is 9.97 Å². The molecule has 0 fully saturated rings. The van der Waals surface area contributed by atoms with E-state index in [9.17, 15) is 0 Å². The molecule has 16 heavy (non-hydrogen) atoms. The number of aromatic amines is 1. The third-order valence-corrected chi connectivity index (χ3v) is 1.80. The second kappa shape index (κ2) is 7.24. The Kier molecular flexibility index (Phi) is 5.43. The molecular weight excluding hydrogens is 198 g/mol. The van der Waals surface area contributed by atoms with Crippen molar-refractivity contribution in [2.24, 2.45) is 4.99 Å². The van der Waals surface area contributed by atoms with Gasteiger partial charge in [0, 0.05) is 12.6 Å². The second-order valence-corrected chi connectivity index (χ2v) is 3.01. The highest BCUT2D eigenvalue weighted by Crippen LogP contribution is 1.94. The maximum Gasteiger partial charge on any atom is 0.109 e. The number of hydrogen-bond donors (Lipinski definition) is 1. The van der Waals surface area contributed by atoms with Crippen molar-refractivity contribution in [1.29, 1.82) is 0 Å². The molecule has 0 unspecified atom stereocenters. The summed E-state index contributed by atoms with van der Waals surface area (Å²) in [5, 5.41) is 0. The molecule has 0 aliphatic carbocycles. The predicted octanol–water partition coefficient (Wildman–Crippen LogP) is 2.14. The van der Waals surface area contributed by atoms with Gasteiger partial charge in [0.05, 0.1) is 6.20 Å². The zero-order chi connectivity index (χ0) is 11.6. The molecule has 0 spiro atoms. The van der Waals surface area contributed by atoms with E-state index in [0.29, 0.717) is 6.54 Å². The zero-order valence-electron chi connectivity index (χ0n) is 9.40. The molecule has 1 aromatic heterocycles. The lowest BCUT2D eigenvalue weighted by atomic mass is 10.4. The summed E-state index contributed by atoms with van der Waals surface area (Å²) in [6.45, 7) is 6.09. The van der Waals surface area contributed by atoms with Crippen molar-refractivity contribution in [3.63, 3.8) is 0 Å². The Balaban J connectivity index is 2.40. The minimum atomic E-state index is 0.488. The van der Waals surface area contributed by atoms with Crippen LogP contribution in [0.15, 0.2) is 36.0 Å². The molecular formula is C13H15N3. The van der Waals surface area contributed by atoms with Gasteiger partial charge in [-0.3, -0.25) is 4.99 Å². The van der Waals surface area contributed by atoms with Crippen LogP contribution in [0.3, 0.4) is 0 Å². The van der Waals surface area contributed by atoms with E-state index in [-0.39, 0.29) is 0 Å². The lowest BCUT2D eigenvalue weighted by molar-refractivity contribution is 0.987. The molecule has 3 nitrogen and oxygen atoms in total. The van der Waals surface area contributed by atoms with Crippen molar-refractivity contribution in [2.45, 2.75) is 13.3 Å². The third kappa shape index (κ3) is 4.43. The van der Waals surface area contributed by atoms with Gasteiger partial charge in [0.1, 0.15) is 18.1 Å². The van der Waals surface area contributed by atoms with E-state index >= 15 is 0 Å². The first-order valence-electron chi connectivity index (χ1n) is 5.17. The topological polar surface area (TPSA) is 41.0 Å². The molecule has 0 atom stereocenters. The van der Waals surface area contributed by atoms with E-state index in [0.717, 1.165) is 17.9 Å². The number of rotatable bonds is 4. The van der Waals surface area contributed by atoms with Gasteiger partial charge in [-0.1, -0.05) is 31.6 Å². The highest BCUT2D eigenvalue weighted by molar-refractivity contribution is 5.71. The molecule has 0 saturated heterocycles. The Morgan fingerprint density at radius 2 is 2.44 bits per heavy atom. The number of imidazole rings is 1. The highest BCUT2D eigenvalue weighted by atomic mass is 14.9. The maximum absolute atomic E-state index is 4.16. The second-order valence-electron chi connectivity index (χ2n) is 3.01. The molecule has 0 aromatic carbocycles. The minimum Gasteiger partial charge on any atom is -0.336 e. The number of nitrogens with one attached hydrogen (secondary N) is 1. The Morgan fingerprint density at radius 3 is 3.12 bits per heavy atom. The average molecular weight is 213 g/mol. The molecule has 0 aliphatic heterocycles. The number of allylic oxidation sites excluding steroid dienone is 3. The molecule has 3 heteroatoms. The van der Waals surface area contributed by atoms with Crippen LogP contribution in [-0.4, -0.2) is 22.7 Å². The zero-order valence-corrected chi connectivity index (χ0v) is 9.40. The average Bonchev–Trinajstić information content (AvgIpc) is 2.76. The van der Waals surface area contributed by atoms with Crippen LogP contribution in [0.4, 0.5) is 0 Å². The van der Waals surface area contributed by atoms with Gasteiger partial charge in [0.25, 0.3) is 0 Å². The van der Waals surface area contributed by atoms with E-state index in [1.54, 1.807) is 18.5 Å². The summed E-state index contributed by atoms with van der Waals surface area (Å²) in [6, 6.07) is 0. The molecule has 82 valence electrons. The standard InChI is InChI=1S/C13H15N3/c1-3-5-6-9-14-10-7-8-12-11-15-13(4-2)16-12/h3,5-6,9,11H,1,4,10H2,2H3,(H,15,16)/b6-5-,14-9?. The molecule has 0 saturated carbocycles. The third-order valence-electron chi connectivity index (χ3n) is 1.80. The molecule has 0 aliphatic rings. The molecule has 1 N–H and O–H groups in total. The fraction of sp³-hybridized carbons (Fsp3) is 0.231.